The molecule has 1 atom stereocenters. The van der Waals surface area contributed by atoms with Crippen LogP contribution in [0.25, 0.3) is 5.69 Å². The highest BCUT2D eigenvalue weighted by Gasteiger charge is 2.28. The third-order valence-electron chi connectivity index (χ3n) is 3.61. The molecule has 118 valence electrons. The van der Waals surface area contributed by atoms with Crippen molar-refractivity contribution in [2.24, 2.45) is 0 Å². The number of para-hydroxylation sites is 1. The molecule has 1 heterocycles. The largest absolute Gasteiger partial charge is 0.369 e. The summed E-state index contributed by atoms with van der Waals surface area (Å²) in [6, 6.07) is 6.12. The second kappa shape index (κ2) is 6.27. The van der Waals surface area contributed by atoms with E-state index in [1.807, 2.05) is 6.92 Å². The van der Waals surface area contributed by atoms with Gasteiger partial charge in [-0.1, -0.05) is 12.1 Å². The van der Waals surface area contributed by atoms with Crippen molar-refractivity contribution in [1.82, 2.24) is 15.1 Å². The fourth-order valence-electron chi connectivity index (χ4n) is 1.88. The van der Waals surface area contributed by atoms with Gasteiger partial charge in [0, 0.05) is 18.9 Å². The molecule has 2 rings (SSSR count). The molecule has 0 aliphatic carbocycles. The highest BCUT2D eigenvalue weighted by Crippen LogP contribution is 2.18. The third-order valence-corrected chi connectivity index (χ3v) is 3.61. The number of methoxy groups -OCH3 is 1. The van der Waals surface area contributed by atoms with Crippen LogP contribution in [-0.4, -0.2) is 28.4 Å². The van der Waals surface area contributed by atoms with Crippen molar-refractivity contribution >= 4 is 5.91 Å². The lowest BCUT2D eigenvalue weighted by Gasteiger charge is -2.24. The number of carbonyl (C=O) groups excluding carboxylic acids is 1. The summed E-state index contributed by atoms with van der Waals surface area (Å²) in [6.07, 6.45) is 3.31. The molecule has 0 spiro atoms. The van der Waals surface area contributed by atoms with Gasteiger partial charge in [0.05, 0.1) is 12.2 Å². The summed E-state index contributed by atoms with van der Waals surface area (Å²) in [5, 5.41) is 7.01. The van der Waals surface area contributed by atoms with E-state index < -0.39 is 5.60 Å². The van der Waals surface area contributed by atoms with Gasteiger partial charge in [-0.15, -0.1) is 0 Å². The maximum atomic E-state index is 13.8. The smallest absolute Gasteiger partial charge is 0.252 e. The number of hydrogen-bond acceptors (Lipinski definition) is 3. The van der Waals surface area contributed by atoms with E-state index in [0.717, 1.165) is 5.56 Å². The first-order valence-corrected chi connectivity index (χ1v) is 7.00. The van der Waals surface area contributed by atoms with Gasteiger partial charge in [-0.05, 0) is 32.9 Å². The molecular weight excluding hydrogens is 285 g/mol. The van der Waals surface area contributed by atoms with Crippen LogP contribution in [0.4, 0.5) is 4.39 Å². The number of carbonyl (C=O) groups is 1. The van der Waals surface area contributed by atoms with Gasteiger partial charge < -0.3 is 10.1 Å². The summed E-state index contributed by atoms with van der Waals surface area (Å²) in [6.45, 7) is 5.22. The maximum Gasteiger partial charge on any atom is 0.252 e. The average molecular weight is 305 g/mol. The monoisotopic (exact) mass is 305 g/mol. The number of rotatable bonds is 5. The van der Waals surface area contributed by atoms with Crippen LogP contribution in [0.1, 0.15) is 32.4 Å². The number of aromatic nitrogens is 2. The van der Waals surface area contributed by atoms with Gasteiger partial charge in [0.15, 0.2) is 0 Å². The summed E-state index contributed by atoms with van der Waals surface area (Å²) in [7, 11) is 1.49. The molecule has 1 aromatic carbocycles. The lowest BCUT2D eigenvalue weighted by atomic mass is 10.1. The van der Waals surface area contributed by atoms with Crippen LogP contribution < -0.4 is 5.32 Å². The lowest BCUT2D eigenvalue weighted by molar-refractivity contribution is -0.140. The minimum Gasteiger partial charge on any atom is -0.369 e. The van der Waals surface area contributed by atoms with E-state index >= 15 is 0 Å². The van der Waals surface area contributed by atoms with Crippen molar-refractivity contribution in [3.8, 4) is 5.69 Å². The molecule has 5 nitrogen and oxygen atoms in total. The van der Waals surface area contributed by atoms with E-state index in [9.17, 15) is 9.18 Å². The summed E-state index contributed by atoms with van der Waals surface area (Å²) in [4.78, 5) is 12.1. The molecule has 6 heteroatoms. The van der Waals surface area contributed by atoms with E-state index in [-0.39, 0.29) is 17.8 Å². The van der Waals surface area contributed by atoms with E-state index in [1.165, 1.54) is 17.9 Å². The Kier molecular flexibility index (Phi) is 4.61. The van der Waals surface area contributed by atoms with E-state index in [0.29, 0.717) is 5.69 Å². The molecule has 0 saturated carbocycles. The standard InChI is InChI=1S/C16H20FN3O2/c1-11(19-15(21)16(2,3)22-4)12-9-18-20(10-12)14-8-6-5-7-13(14)17/h5-11H,1-4H3,(H,19,21). The minimum atomic E-state index is -0.907. The Balaban J connectivity index is 2.15. The summed E-state index contributed by atoms with van der Waals surface area (Å²) in [5.74, 6) is -0.574. The van der Waals surface area contributed by atoms with Crippen molar-refractivity contribution in [1.29, 1.82) is 0 Å². The number of nitrogens with one attached hydrogen (secondary N) is 1. The van der Waals surface area contributed by atoms with Crippen molar-refractivity contribution in [2.75, 3.05) is 7.11 Å². The predicted octanol–water partition coefficient (Wildman–Crippen LogP) is 2.61. The number of hydrogen-bond donors (Lipinski definition) is 1. The van der Waals surface area contributed by atoms with Gasteiger partial charge in [0.25, 0.3) is 5.91 Å². The molecule has 2 aromatic rings. The zero-order chi connectivity index (χ0) is 16.3. The summed E-state index contributed by atoms with van der Waals surface area (Å²) >= 11 is 0. The van der Waals surface area contributed by atoms with Crippen LogP contribution in [0.5, 0.6) is 0 Å². The lowest BCUT2D eigenvalue weighted by Crippen LogP contribution is -2.44. The zero-order valence-electron chi connectivity index (χ0n) is 13.1. The fourth-order valence-corrected chi connectivity index (χ4v) is 1.88. The fraction of sp³-hybridized carbons (Fsp3) is 0.375. The molecular formula is C16H20FN3O2. The molecule has 1 amide bonds. The molecule has 0 bridgehead atoms. The van der Waals surface area contributed by atoms with E-state index in [2.05, 4.69) is 10.4 Å². The van der Waals surface area contributed by atoms with E-state index in [1.54, 1.807) is 44.4 Å². The normalized spacial score (nSPS) is 13.0. The SMILES string of the molecule is COC(C)(C)C(=O)NC(C)c1cnn(-c2ccccc2F)c1. The van der Waals surface area contributed by atoms with Crippen LogP contribution in [0, 0.1) is 5.82 Å². The predicted molar refractivity (Wildman–Crippen MR) is 81.2 cm³/mol. The van der Waals surface area contributed by atoms with Crippen molar-refractivity contribution < 1.29 is 13.9 Å². The first-order valence-electron chi connectivity index (χ1n) is 7.00. The number of amides is 1. The van der Waals surface area contributed by atoms with Crippen LogP contribution in [0.15, 0.2) is 36.7 Å². The van der Waals surface area contributed by atoms with Gasteiger partial charge in [-0.25, -0.2) is 9.07 Å². The molecule has 0 radical (unpaired) electrons. The van der Waals surface area contributed by atoms with Gasteiger partial charge >= 0.3 is 0 Å². The van der Waals surface area contributed by atoms with E-state index in [4.69, 9.17) is 4.74 Å². The Morgan fingerprint density at radius 2 is 2.09 bits per heavy atom. The van der Waals surface area contributed by atoms with Crippen LogP contribution in [0.2, 0.25) is 0 Å². The number of ether oxygens (including phenoxy) is 1. The Labute approximate surface area is 129 Å². The molecule has 22 heavy (non-hydrogen) atoms. The van der Waals surface area contributed by atoms with Crippen LogP contribution >= 0.6 is 0 Å². The third kappa shape index (κ3) is 3.33. The Morgan fingerprint density at radius 3 is 2.73 bits per heavy atom. The van der Waals surface area contributed by atoms with Crippen molar-refractivity contribution in [2.45, 2.75) is 32.4 Å². The number of halogens is 1. The van der Waals surface area contributed by atoms with Crippen LogP contribution in [-0.2, 0) is 9.53 Å². The molecule has 1 unspecified atom stereocenters. The molecule has 0 aliphatic heterocycles. The van der Waals surface area contributed by atoms with Gasteiger partial charge in [-0.3, -0.25) is 4.79 Å². The topological polar surface area (TPSA) is 56.1 Å². The number of benzene rings is 1. The molecule has 1 N–H and O–H groups in total. The van der Waals surface area contributed by atoms with Gasteiger partial charge in [0.2, 0.25) is 0 Å². The highest BCUT2D eigenvalue weighted by molar-refractivity contribution is 5.84. The van der Waals surface area contributed by atoms with Crippen molar-refractivity contribution in [3.63, 3.8) is 0 Å². The average Bonchev–Trinajstić information content (AvgIpc) is 2.97. The Morgan fingerprint density at radius 1 is 1.41 bits per heavy atom. The first-order chi connectivity index (χ1) is 10.3. The first kappa shape index (κ1) is 16.2. The molecule has 0 saturated heterocycles. The number of nitrogens with zero attached hydrogens (tertiary/aromatic N) is 2. The van der Waals surface area contributed by atoms with Crippen LogP contribution in [0.3, 0.4) is 0 Å². The molecule has 0 fully saturated rings. The second-order valence-electron chi connectivity index (χ2n) is 5.58. The molecule has 0 aliphatic rings. The quantitative estimate of drug-likeness (QED) is 0.924. The summed E-state index contributed by atoms with van der Waals surface area (Å²) in [5.41, 5.74) is 0.239. The van der Waals surface area contributed by atoms with Gasteiger partial charge in [-0.2, -0.15) is 5.10 Å². The second-order valence-corrected chi connectivity index (χ2v) is 5.58. The zero-order valence-corrected chi connectivity index (χ0v) is 13.1. The van der Waals surface area contributed by atoms with Crippen molar-refractivity contribution in [3.05, 3.63) is 48.0 Å². The Bertz CT molecular complexity index is 667. The summed E-state index contributed by atoms with van der Waals surface area (Å²) < 4.78 is 20.3. The minimum absolute atomic E-state index is 0.221. The maximum absolute atomic E-state index is 13.8. The highest BCUT2D eigenvalue weighted by atomic mass is 19.1. The molecule has 1 aromatic heterocycles. The Hall–Kier alpha value is -2.21. The van der Waals surface area contributed by atoms with Gasteiger partial charge in [0.1, 0.15) is 17.1 Å².